The van der Waals surface area contributed by atoms with Gasteiger partial charge in [-0.05, 0) is 32.6 Å². The second kappa shape index (κ2) is 7.21. The van der Waals surface area contributed by atoms with Crippen LogP contribution in [0.4, 0.5) is 0 Å². The molecule has 0 unspecified atom stereocenters. The summed E-state index contributed by atoms with van der Waals surface area (Å²) < 4.78 is 30.4. The van der Waals surface area contributed by atoms with E-state index in [1.54, 1.807) is 14.0 Å². The Morgan fingerprint density at radius 3 is 2.42 bits per heavy atom. The molecule has 0 spiro atoms. The van der Waals surface area contributed by atoms with Gasteiger partial charge in [0.15, 0.2) is 0 Å². The number of sulfonamides is 1. The van der Waals surface area contributed by atoms with Crippen LogP contribution in [0.3, 0.4) is 0 Å². The van der Waals surface area contributed by atoms with E-state index in [2.05, 4.69) is 0 Å². The molecule has 1 aliphatic carbocycles. The molecule has 0 aliphatic heterocycles. The summed E-state index contributed by atoms with van der Waals surface area (Å²) in [4.78, 5) is 11.2. The predicted octanol–water partition coefficient (Wildman–Crippen LogP) is 0.471. The van der Waals surface area contributed by atoms with Crippen LogP contribution in [0.25, 0.3) is 0 Å². The normalized spacial score (nSPS) is 24.4. The molecule has 0 heterocycles. The fourth-order valence-corrected chi connectivity index (χ4v) is 3.66. The molecule has 2 N–H and O–H groups in total. The largest absolute Gasteiger partial charge is 0.466 e. The van der Waals surface area contributed by atoms with Crippen LogP contribution < -0.4 is 5.73 Å². The van der Waals surface area contributed by atoms with Gasteiger partial charge in [-0.15, -0.1) is 0 Å². The molecule has 0 aromatic carbocycles. The van der Waals surface area contributed by atoms with Crippen LogP contribution in [0.15, 0.2) is 0 Å². The van der Waals surface area contributed by atoms with Crippen LogP contribution in [0.1, 0.15) is 39.0 Å². The average molecular weight is 292 g/mol. The maximum absolute atomic E-state index is 12.1. The van der Waals surface area contributed by atoms with Gasteiger partial charge in [-0.1, -0.05) is 0 Å². The van der Waals surface area contributed by atoms with Crippen LogP contribution in [-0.2, 0) is 19.6 Å². The third-order valence-electron chi connectivity index (χ3n) is 3.56. The number of nitrogens with zero attached hydrogens (tertiary/aromatic N) is 1. The summed E-state index contributed by atoms with van der Waals surface area (Å²) in [6, 6.07) is 0.193. The van der Waals surface area contributed by atoms with E-state index in [9.17, 15) is 13.2 Å². The number of rotatable bonds is 6. The van der Waals surface area contributed by atoms with Crippen molar-refractivity contribution >= 4 is 16.0 Å². The highest BCUT2D eigenvalue weighted by atomic mass is 32.2. The first-order valence-corrected chi connectivity index (χ1v) is 8.34. The van der Waals surface area contributed by atoms with Crippen LogP contribution in [0, 0.1) is 0 Å². The summed E-state index contributed by atoms with van der Waals surface area (Å²) in [6.07, 6.45) is 3.18. The van der Waals surface area contributed by atoms with Crippen molar-refractivity contribution in [2.45, 2.75) is 51.1 Å². The number of esters is 1. The Balaban J connectivity index is 2.49. The van der Waals surface area contributed by atoms with Gasteiger partial charge in [0, 0.05) is 19.1 Å². The summed E-state index contributed by atoms with van der Waals surface area (Å²) in [5.41, 5.74) is 5.81. The zero-order valence-electron chi connectivity index (χ0n) is 11.7. The quantitative estimate of drug-likeness (QED) is 0.719. The van der Waals surface area contributed by atoms with Gasteiger partial charge >= 0.3 is 5.97 Å². The molecule has 112 valence electrons. The van der Waals surface area contributed by atoms with E-state index in [0.29, 0.717) is 0 Å². The lowest BCUT2D eigenvalue weighted by Gasteiger charge is -2.32. The SMILES string of the molecule is CCOC(=O)CCS(=O)(=O)N(C)C1CCC(N)CC1. The van der Waals surface area contributed by atoms with Crippen molar-refractivity contribution in [1.29, 1.82) is 0 Å². The molecule has 6 nitrogen and oxygen atoms in total. The van der Waals surface area contributed by atoms with Gasteiger partial charge in [0.25, 0.3) is 0 Å². The molecule has 0 saturated heterocycles. The minimum absolute atomic E-state index is 0.00648. The number of nitrogens with two attached hydrogens (primary N) is 1. The topological polar surface area (TPSA) is 89.7 Å². The molecule has 1 saturated carbocycles. The van der Waals surface area contributed by atoms with Gasteiger partial charge < -0.3 is 10.5 Å². The first-order valence-electron chi connectivity index (χ1n) is 6.73. The van der Waals surface area contributed by atoms with E-state index in [1.807, 2.05) is 0 Å². The molecule has 0 aromatic heterocycles. The van der Waals surface area contributed by atoms with Crippen LogP contribution >= 0.6 is 0 Å². The van der Waals surface area contributed by atoms with E-state index in [1.165, 1.54) is 4.31 Å². The lowest BCUT2D eigenvalue weighted by Crippen LogP contribution is -2.42. The first-order chi connectivity index (χ1) is 8.86. The van der Waals surface area contributed by atoms with Gasteiger partial charge in [-0.3, -0.25) is 4.79 Å². The van der Waals surface area contributed by atoms with Gasteiger partial charge in [-0.2, -0.15) is 0 Å². The Labute approximate surface area is 115 Å². The summed E-state index contributed by atoms with van der Waals surface area (Å²) in [7, 11) is -1.81. The van der Waals surface area contributed by atoms with Crippen LogP contribution in [-0.4, -0.2) is 50.2 Å². The molecule has 19 heavy (non-hydrogen) atoms. The molecule has 1 fully saturated rings. The Bertz CT molecular complexity index is 389. The minimum atomic E-state index is -3.40. The van der Waals surface area contributed by atoms with Crippen molar-refractivity contribution in [1.82, 2.24) is 4.31 Å². The average Bonchev–Trinajstić information content (AvgIpc) is 2.37. The lowest BCUT2D eigenvalue weighted by atomic mass is 9.92. The summed E-state index contributed by atoms with van der Waals surface area (Å²) in [6.45, 7) is 1.97. The Hall–Kier alpha value is -0.660. The van der Waals surface area contributed by atoms with Crippen LogP contribution in [0.2, 0.25) is 0 Å². The van der Waals surface area contributed by atoms with E-state index in [-0.39, 0.29) is 30.9 Å². The molecular formula is C12H24N2O4S. The van der Waals surface area contributed by atoms with Crippen LogP contribution in [0.5, 0.6) is 0 Å². The first kappa shape index (κ1) is 16.4. The number of hydrogen-bond acceptors (Lipinski definition) is 5. The van der Waals surface area contributed by atoms with Gasteiger partial charge in [0.2, 0.25) is 10.0 Å². The third-order valence-corrected chi connectivity index (χ3v) is 5.46. The van der Waals surface area contributed by atoms with Crippen molar-refractivity contribution in [3.05, 3.63) is 0 Å². The fraction of sp³-hybridized carbons (Fsp3) is 0.917. The monoisotopic (exact) mass is 292 g/mol. The van der Waals surface area contributed by atoms with Crippen molar-refractivity contribution in [2.75, 3.05) is 19.4 Å². The second-order valence-corrected chi connectivity index (χ2v) is 7.10. The van der Waals surface area contributed by atoms with E-state index in [0.717, 1.165) is 25.7 Å². The Kier molecular flexibility index (Phi) is 6.22. The second-order valence-electron chi connectivity index (χ2n) is 4.96. The third kappa shape index (κ3) is 5.08. The maximum Gasteiger partial charge on any atom is 0.306 e. The zero-order chi connectivity index (χ0) is 14.5. The van der Waals surface area contributed by atoms with Gasteiger partial charge in [0.05, 0.1) is 18.8 Å². The van der Waals surface area contributed by atoms with Crippen molar-refractivity contribution in [2.24, 2.45) is 5.73 Å². The molecule has 0 aromatic rings. The molecule has 0 atom stereocenters. The van der Waals surface area contributed by atoms with Crippen molar-refractivity contribution in [3.63, 3.8) is 0 Å². The minimum Gasteiger partial charge on any atom is -0.466 e. The summed E-state index contributed by atoms with van der Waals surface area (Å²) in [5.74, 6) is -0.657. The molecule has 1 aliphatic rings. The van der Waals surface area contributed by atoms with E-state index in [4.69, 9.17) is 10.5 Å². The van der Waals surface area contributed by atoms with Crippen molar-refractivity contribution < 1.29 is 17.9 Å². The van der Waals surface area contributed by atoms with E-state index < -0.39 is 16.0 Å². The lowest BCUT2D eigenvalue weighted by molar-refractivity contribution is -0.142. The number of carbonyl (C=O) groups is 1. The Morgan fingerprint density at radius 2 is 1.89 bits per heavy atom. The Morgan fingerprint density at radius 1 is 1.32 bits per heavy atom. The molecule has 7 heteroatoms. The number of carbonyl (C=O) groups excluding carboxylic acids is 1. The highest BCUT2D eigenvalue weighted by Crippen LogP contribution is 2.23. The fourth-order valence-electron chi connectivity index (χ4n) is 2.28. The highest BCUT2D eigenvalue weighted by molar-refractivity contribution is 7.89. The molecular weight excluding hydrogens is 268 g/mol. The predicted molar refractivity (Wildman–Crippen MR) is 73.0 cm³/mol. The van der Waals surface area contributed by atoms with Gasteiger partial charge in [-0.25, -0.2) is 12.7 Å². The smallest absolute Gasteiger partial charge is 0.306 e. The van der Waals surface area contributed by atoms with Crippen molar-refractivity contribution in [3.8, 4) is 0 Å². The molecule has 0 radical (unpaired) electrons. The maximum atomic E-state index is 12.1. The van der Waals surface area contributed by atoms with E-state index >= 15 is 0 Å². The highest BCUT2D eigenvalue weighted by Gasteiger charge is 2.29. The van der Waals surface area contributed by atoms with Gasteiger partial charge in [0.1, 0.15) is 0 Å². The number of ether oxygens (including phenoxy) is 1. The molecule has 0 amide bonds. The molecule has 0 bridgehead atoms. The number of hydrogen-bond donors (Lipinski definition) is 1. The summed E-state index contributed by atoms with van der Waals surface area (Å²) >= 11 is 0. The molecule has 1 rings (SSSR count). The standard InChI is InChI=1S/C12H24N2O4S/c1-3-18-12(15)8-9-19(16,17)14(2)11-6-4-10(13)5-7-11/h10-11H,3-9,13H2,1-2H3. The summed E-state index contributed by atoms with van der Waals surface area (Å²) in [5, 5.41) is 0. The zero-order valence-corrected chi connectivity index (χ0v) is 12.5.